The van der Waals surface area contributed by atoms with Crippen molar-refractivity contribution in [1.29, 1.82) is 0 Å². The Hall–Kier alpha value is -0.820. The average molecular weight is 305 g/mol. The Morgan fingerprint density at radius 1 is 0.727 bits per heavy atom. The van der Waals surface area contributed by atoms with E-state index < -0.39 is 0 Å². The van der Waals surface area contributed by atoms with E-state index in [9.17, 15) is 5.11 Å². The zero-order valence-electron chi connectivity index (χ0n) is 14.8. The van der Waals surface area contributed by atoms with Gasteiger partial charge >= 0.3 is 0 Å². The largest absolute Gasteiger partial charge is 0.388 e. The first-order valence-electron chi connectivity index (χ1n) is 9.54. The van der Waals surface area contributed by atoms with Gasteiger partial charge in [0.15, 0.2) is 0 Å². The van der Waals surface area contributed by atoms with Gasteiger partial charge in [-0.05, 0) is 30.4 Å². The summed E-state index contributed by atoms with van der Waals surface area (Å²) in [7, 11) is 0. The van der Waals surface area contributed by atoms with Crippen LogP contribution in [0.25, 0.3) is 0 Å². The zero-order valence-corrected chi connectivity index (χ0v) is 14.8. The molecule has 1 heteroatoms. The van der Waals surface area contributed by atoms with Gasteiger partial charge in [-0.2, -0.15) is 0 Å². The molecule has 1 atom stereocenters. The standard InChI is InChI=1S/C21H36O/c1-3-5-6-7-8-9-10-11-12-13-14-19-15-17-20(18-16-19)21(22)4-2/h15-18,21-22H,3-14H2,1-2H3. The van der Waals surface area contributed by atoms with E-state index >= 15 is 0 Å². The molecule has 1 unspecified atom stereocenters. The van der Waals surface area contributed by atoms with Gasteiger partial charge in [0, 0.05) is 0 Å². The smallest absolute Gasteiger partial charge is 0.0787 e. The van der Waals surface area contributed by atoms with Gasteiger partial charge in [-0.1, -0.05) is 95.9 Å². The highest BCUT2D eigenvalue weighted by atomic mass is 16.3. The molecule has 0 saturated heterocycles. The van der Waals surface area contributed by atoms with Crippen LogP contribution < -0.4 is 0 Å². The van der Waals surface area contributed by atoms with Gasteiger partial charge in [0.1, 0.15) is 0 Å². The first-order chi connectivity index (χ1) is 10.8. The van der Waals surface area contributed by atoms with Crippen molar-refractivity contribution in [3.8, 4) is 0 Å². The third-order valence-corrected chi connectivity index (χ3v) is 4.57. The minimum Gasteiger partial charge on any atom is -0.388 e. The lowest BCUT2D eigenvalue weighted by Crippen LogP contribution is -1.95. The highest BCUT2D eigenvalue weighted by Crippen LogP contribution is 2.18. The minimum absolute atomic E-state index is 0.300. The topological polar surface area (TPSA) is 20.2 Å². The Morgan fingerprint density at radius 2 is 1.23 bits per heavy atom. The van der Waals surface area contributed by atoms with Gasteiger partial charge in [-0.3, -0.25) is 0 Å². The van der Waals surface area contributed by atoms with E-state index in [-0.39, 0.29) is 6.10 Å². The Balaban J connectivity index is 2.00. The van der Waals surface area contributed by atoms with Crippen LogP contribution in [0.3, 0.4) is 0 Å². The molecule has 0 aromatic heterocycles. The lowest BCUT2D eigenvalue weighted by Gasteiger charge is -2.09. The van der Waals surface area contributed by atoms with E-state index in [1.54, 1.807) is 0 Å². The van der Waals surface area contributed by atoms with E-state index in [1.165, 1.54) is 76.2 Å². The van der Waals surface area contributed by atoms with Crippen LogP contribution in [0.2, 0.25) is 0 Å². The van der Waals surface area contributed by atoms with Gasteiger partial charge in [0.25, 0.3) is 0 Å². The molecular weight excluding hydrogens is 268 g/mol. The quantitative estimate of drug-likeness (QED) is 0.407. The normalized spacial score (nSPS) is 12.5. The van der Waals surface area contributed by atoms with Crippen LogP contribution in [0.4, 0.5) is 0 Å². The van der Waals surface area contributed by atoms with Crippen molar-refractivity contribution in [2.75, 3.05) is 0 Å². The van der Waals surface area contributed by atoms with Gasteiger partial charge in [-0.25, -0.2) is 0 Å². The second-order valence-corrected chi connectivity index (χ2v) is 6.60. The van der Waals surface area contributed by atoms with E-state index in [2.05, 4.69) is 31.2 Å². The molecule has 1 nitrogen and oxygen atoms in total. The Labute approximate surface area is 138 Å². The van der Waals surface area contributed by atoms with Crippen LogP contribution in [-0.2, 0) is 6.42 Å². The second kappa shape index (κ2) is 12.7. The van der Waals surface area contributed by atoms with Gasteiger partial charge in [-0.15, -0.1) is 0 Å². The maximum Gasteiger partial charge on any atom is 0.0787 e. The van der Waals surface area contributed by atoms with Crippen molar-refractivity contribution < 1.29 is 5.11 Å². The predicted molar refractivity (Wildman–Crippen MR) is 97.2 cm³/mol. The molecule has 1 aromatic rings. The SMILES string of the molecule is CCCCCCCCCCCCc1ccc(C(O)CC)cc1. The first-order valence-corrected chi connectivity index (χ1v) is 9.54. The number of hydrogen-bond donors (Lipinski definition) is 1. The fourth-order valence-corrected chi connectivity index (χ4v) is 2.96. The molecule has 1 aromatic carbocycles. The molecule has 126 valence electrons. The Bertz CT molecular complexity index is 355. The summed E-state index contributed by atoms with van der Waals surface area (Å²) in [4.78, 5) is 0. The molecule has 0 saturated carbocycles. The number of benzene rings is 1. The van der Waals surface area contributed by atoms with Crippen LogP contribution in [0, 0.1) is 0 Å². The number of aryl methyl sites for hydroxylation is 1. The molecule has 0 aliphatic rings. The lowest BCUT2D eigenvalue weighted by atomic mass is 10.0. The predicted octanol–water partition coefficient (Wildman–Crippen LogP) is 6.59. The second-order valence-electron chi connectivity index (χ2n) is 6.60. The number of hydrogen-bond acceptors (Lipinski definition) is 1. The summed E-state index contributed by atoms with van der Waals surface area (Å²) >= 11 is 0. The minimum atomic E-state index is -0.300. The van der Waals surface area contributed by atoms with E-state index in [0.29, 0.717) is 0 Å². The molecule has 1 rings (SSSR count). The third kappa shape index (κ3) is 8.58. The Kier molecular flexibility index (Phi) is 11.1. The average Bonchev–Trinajstić information content (AvgIpc) is 2.56. The summed E-state index contributed by atoms with van der Waals surface area (Å²) in [6.07, 6.45) is 15.6. The summed E-state index contributed by atoms with van der Waals surface area (Å²) in [5, 5.41) is 9.78. The summed E-state index contributed by atoms with van der Waals surface area (Å²) in [6, 6.07) is 8.53. The molecular formula is C21H36O. The molecule has 0 amide bonds. The monoisotopic (exact) mass is 304 g/mol. The van der Waals surface area contributed by atoms with Crippen LogP contribution in [0.15, 0.2) is 24.3 Å². The molecule has 0 aliphatic heterocycles. The molecule has 0 spiro atoms. The molecule has 0 aliphatic carbocycles. The lowest BCUT2D eigenvalue weighted by molar-refractivity contribution is 0.173. The van der Waals surface area contributed by atoms with Crippen molar-refractivity contribution in [2.24, 2.45) is 0 Å². The van der Waals surface area contributed by atoms with Crippen molar-refractivity contribution in [3.05, 3.63) is 35.4 Å². The van der Waals surface area contributed by atoms with Crippen LogP contribution in [0.1, 0.15) is 102 Å². The third-order valence-electron chi connectivity index (χ3n) is 4.57. The van der Waals surface area contributed by atoms with E-state index in [0.717, 1.165) is 12.0 Å². The number of aliphatic hydroxyl groups is 1. The van der Waals surface area contributed by atoms with Gasteiger partial charge < -0.3 is 5.11 Å². The van der Waals surface area contributed by atoms with Crippen LogP contribution in [-0.4, -0.2) is 5.11 Å². The summed E-state index contributed by atoms with van der Waals surface area (Å²) in [5.74, 6) is 0. The van der Waals surface area contributed by atoms with Crippen LogP contribution >= 0.6 is 0 Å². The van der Waals surface area contributed by atoms with Crippen molar-refractivity contribution in [1.82, 2.24) is 0 Å². The maximum atomic E-state index is 9.78. The number of unbranched alkanes of at least 4 members (excludes halogenated alkanes) is 9. The summed E-state index contributed by atoms with van der Waals surface area (Å²) < 4.78 is 0. The molecule has 1 N–H and O–H groups in total. The molecule has 0 heterocycles. The first kappa shape index (κ1) is 19.2. The highest BCUT2D eigenvalue weighted by Gasteiger charge is 2.03. The van der Waals surface area contributed by atoms with E-state index in [4.69, 9.17) is 0 Å². The maximum absolute atomic E-state index is 9.78. The van der Waals surface area contributed by atoms with Gasteiger partial charge in [0.05, 0.1) is 6.10 Å². The molecule has 0 bridgehead atoms. The zero-order chi connectivity index (χ0) is 16.0. The van der Waals surface area contributed by atoms with Crippen LogP contribution in [0.5, 0.6) is 0 Å². The molecule has 0 radical (unpaired) electrons. The number of aliphatic hydroxyl groups excluding tert-OH is 1. The van der Waals surface area contributed by atoms with Crippen molar-refractivity contribution in [3.63, 3.8) is 0 Å². The molecule has 22 heavy (non-hydrogen) atoms. The fraction of sp³-hybridized carbons (Fsp3) is 0.714. The van der Waals surface area contributed by atoms with Crippen molar-refractivity contribution >= 4 is 0 Å². The van der Waals surface area contributed by atoms with Crippen molar-refractivity contribution in [2.45, 2.75) is 97.0 Å². The fourth-order valence-electron chi connectivity index (χ4n) is 2.96. The number of rotatable bonds is 13. The highest BCUT2D eigenvalue weighted by molar-refractivity contribution is 5.24. The Morgan fingerprint density at radius 3 is 1.73 bits per heavy atom. The van der Waals surface area contributed by atoms with E-state index in [1.807, 2.05) is 6.92 Å². The summed E-state index contributed by atoms with van der Waals surface area (Å²) in [6.45, 7) is 4.29. The summed E-state index contributed by atoms with van der Waals surface area (Å²) in [5.41, 5.74) is 2.46. The van der Waals surface area contributed by atoms with Gasteiger partial charge in [0.2, 0.25) is 0 Å². The molecule has 0 fully saturated rings.